The van der Waals surface area contributed by atoms with Gasteiger partial charge >= 0.3 is 0 Å². The summed E-state index contributed by atoms with van der Waals surface area (Å²) in [7, 11) is 3.36. The third kappa shape index (κ3) is 4.96. The number of carbonyl (C=O) groups excluding carboxylic acids is 1. The van der Waals surface area contributed by atoms with Gasteiger partial charge in [-0.2, -0.15) is 10.2 Å². The lowest BCUT2D eigenvalue weighted by Gasteiger charge is -2.09. The topological polar surface area (TPSA) is 112 Å². The molecule has 0 aliphatic rings. The summed E-state index contributed by atoms with van der Waals surface area (Å²) in [6, 6.07) is 20.4. The Bertz CT molecular complexity index is 1600. The summed E-state index contributed by atoms with van der Waals surface area (Å²) in [6.07, 6.45) is 0. The van der Waals surface area contributed by atoms with Crippen molar-refractivity contribution >= 4 is 23.1 Å². The maximum atomic E-state index is 12.9. The Morgan fingerprint density at radius 2 is 1.66 bits per heavy atom. The fraction of sp³-hybridized carbons (Fsp3) is 0.179. The lowest BCUT2D eigenvalue weighted by Crippen LogP contribution is -2.16. The second kappa shape index (κ2) is 10.2. The number of carbonyl (C=O) groups is 1. The minimum absolute atomic E-state index is 0.254. The van der Waals surface area contributed by atoms with E-state index in [1.54, 1.807) is 29.6 Å². The van der Waals surface area contributed by atoms with E-state index < -0.39 is 0 Å². The number of rotatable bonds is 7. The van der Waals surface area contributed by atoms with Gasteiger partial charge in [0.05, 0.1) is 18.5 Å². The fourth-order valence-corrected chi connectivity index (χ4v) is 4.03. The summed E-state index contributed by atoms with van der Waals surface area (Å²) in [6.45, 7) is 6.03. The molecular formula is C28H28N8O2. The van der Waals surface area contributed by atoms with Gasteiger partial charge in [-0.1, -0.05) is 12.1 Å². The van der Waals surface area contributed by atoms with E-state index >= 15 is 0 Å². The van der Waals surface area contributed by atoms with Crippen molar-refractivity contribution in [3.63, 3.8) is 0 Å². The van der Waals surface area contributed by atoms with Crippen LogP contribution in [0.4, 0.5) is 17.2 Å². The van der Waals surface area contributed by atoms with Gasteiger partial charge in [-0.05, 0) is 80.9 Å². The highest BCUT2D eigenvalue weighted by molar-refractivity contribution is 6.03. The van der Waals surface area contributed by atoms with E-state index in [1.807, 2.05) is 81.4 Å². The molecule has 10 heteroatoms. The summed E-state index contributed by atoms with van der Waals surface area (Å²) >= 11 is 0. The number of nitrogens with zero attached hydrogens (tertiary/aromatic N) is 6. The highest BCUT2D eigenvalue weighted by atomic mass is 16.5. The van der Waals surface area contributed by atoms with Crippen molar-refractivity contribution in [3.8, 4) is 22.8 Å². The number of methoxy groups -OCH3 is 1. The standard InChI is InChI=1S/C28H28N8O2/c1-17-18(2)33-36(19(17)3)27-14-13-26(31-32-27)29-21-9-11-22(12-10-21)30-28(37)25-16-24(34-35(25)4)20-7-6-8-23(15-20)38-5/h6-16H,1-5H3,(H,29,31)(H,30,37). The number of aromatic nitrogens is 6. The zero-order valence-corrected chi connectivity index (χ0v) is 21.9. The van der Waals surface area contributed by atoms with Crippen LogP contribution in [-0.2, 0) is 7.05 Å². The maximum absolute atomic E-state index is 12.9. The summed E-state index contributed by atoms with van der Waals surface area (Å²) in [5.74, 6) is 1.74. The molecule has 0 radical (unpaired) electrons. The van der Waals surface area contributed by atoms with Crippen molar-refractivity contribution in [1.29, 1.82) is 0 Å². The summed E-state index contributed by atoms with van der Waals surface area (Å²) in [5.41, 5.74) is 6.63. The lowest BCUT2D eigenvalue weighted by atomic mass is 10.1. The van der Waals surface area contributed by atoms with Gasteiger partial charge < -0.3 is 15.4 Å². The maximum Gasteiger partial charge on any atom is 0.273 e. The molecule has 5 rings (SSSR count). The first-order valence-corrected chi connectivity index (χ1v) is 12.1. The number of aryl methyl sites for hydroxylation is 2. The number of hydrogen-bond donors (Lipinski definition) is 2. The van der Waals surface area contributed by atoms with Crippen molar-refractivity contribution < 1.29 is 9.53 Å². The summed E-state index contributed by atoms with van der Waals surface area (Å²) in [5, 5.41) is 23.8. The van der Waals surface area contributed by atoms with Gasteiger partial charge in [0.2, 0.25) is 0 Å². The van der Waals surface area contributed by atoms with Gasteiger partial charge in [0.1, 0.15) is 11.4 Å². The van der Waals surface area contributed by atoms with Gasteiger partial charge in [0.25, 0.3) is 5.91 Å². The van der Waals surface area contributed by atoms with Crippen LogP contribution >= 0.6 is 0 Å². The molecule has 192 valence electrons. The Kier molecular flexibility index (Phi) is 6.61. The van der Waals surface area contributed by atoms with Crippen LogP contribution < -0.4 is 15.4 Å². The molecule has 2 N–H and O–H groups in total. The average Bonchev–Trinajstić information content (AvgIpc) is 3.45. The Labute approximate surface area is 220 Å². The third-order valence-electron chi connectivity index (χ3n) is 6.41. The van der Waals surface area contributed by atoms with Crippen molar-refractivity contribution in [3.05, 3.63) is 89.4 Å². The van der Waals surface area contributed by atoms with Gasteiger partial charge in [-0.3, -0.25) is 9.48 Å². The van der Waals surface area contributed by atoms with Gasteiger partial charge in [-0.15, -0.1) is 10.2 Å². The first-order chi connectivity index (χ1) is 18.3. The minimum atomic E-state index is -0.254. The number of benzene rings is 2. The van der Waals surface area contributed by atoms with Crippen LogP contribution in [0.5, 0.6) is 5.75 Å². The van der Waals surface area contributed by atoms with E-state index in [0.29, 0.717) is 28.7 Å². The second-order valence-corrected chi connectivity index (χ2v) is 8.91. The van der Waals surface area contributed by atoms with Crippen LogP contribution in [0, 0.1) is 20.8 Å². The SMILES string of the molecule is COc1cccc(-c2cc(C(=O)Nc3ccc(Nc4ccc(-n5nc(C)c(C)c5C)nn4)cc3)n(C)n2)c1. The van der Waals surface area contributed by atoms with Crippen molar-refractivity contribution in [2.45, 2.75) is 20.8 Å². The summed E-state index contributed by atoms with van der Waals surface area (Å²) < 4.78 is 8.65. The molecule has 0 fully saturated rings. The van der Waals surface area contributed by atoms with Crippen molar-refractivity contribution in [2.24, 2.45) is 7.05 Å². The Morgan fingerprint density at radius 1 is 0.895 bits per heavy atom. The van der Waals surface area contributed by atoms with Crippen LogP contribution in [0.15, 0.2) is 66.7 Å². The van der Waals surface area contributed by atoms with E-state index in [-0.39, 0.29) is 5.91 Å². The molecular weight excluding hydrogens is 480 g/mol. The Hall–Kier alpha value is -4.99. The second-order valence-electron chi connectivity index (χ2n) is 8.91. The molecule has 3 heterocycles. The number of ether oxygens (including phenoxy) is 1. The molecule has 0 atom stereocenters. The van der Waals surface area contributed by atoms with Crippen LogP contribution in [0.3, 0.4) is 0 Å². The quantitative estimate of drug-likeness (QED) is 0.318. The Balaban J connectivity index is 1.24. The highest BCUT2D eigenvalue weighted by Crippen LogP contribution is 2.24. The number of amides is 1. The zero-order valence-electron chi connectivity index (χ0n) is 21.9. The van der Waals surface area contributed by atoms with E-state index in [2.05, 4.69) is 31.0 Å². The minimum Gasteiger partial charge on any atom is -0.497 e. The van der Waals surface area contributed by atoms with Gasteiger partial charge in [0.15, 0.2) is 11.6 Å². The number of nitrogens with one attached hydrogen (secondary N) is 2. The smallest absolute Gasteiger partial charge is 0.273 e. The van der Waals surface area contributed by atoms with Gasteiger partial charge in [0, 0.05) is 29.7 Å². The van der Waals surface area contributed by atoms with E-state index in [0.717, 1.165) is 34.0 Å². The van der Waals surface area contributed by atoms with E-state index in [1.165, 1.54) is 0 Å². The highest BCUT2D eigenvalue weighted by Gasteiger charge is 2.15. The summed E-state index contributed by atoms with van der Waals surface area (Å²) in [4.78, 5) is 12.9. The third-order valence-corrected chi connectivity index (χ3v) is 6.41. The molecule has 38 heavy (non-hydrogen) atoms. The van der Waals surface area contributed by atoms with E-state index in [9.17, 15) is 4.79 Å². The lowest BCUT2D eigenvalue weighted by molar-refractivity contribution is 0.101. The number of anilines is 3. The predicted octanol–water partition coefficient (Wildman–Crippen LogP) is 4.99. The molecule has 0 unspecified atom stereocenters. The monoisotopic (exact) mass is 508 g/mol. The molecule has 2 aromatic carbocycles. The predicted molar refractivity (Wildman–Crippen MR) is 146 cm³/mol. The Morgan fingerprint density at radius 3 is 2.32 bits per heavy atom. The molecule has 0 aliphatic heterocycles. The molecule has 0 spiro atoms. The first kappa shape index (κ1) is 24.7. The molecule has 5 aromatic rings. The molecule has 0 saturated carbocycles. The molecule has 10 nitrogen and oxygen atoms in total. The number of hydrogen-bond acceptors (Lipinski definition) is 7. The van der Waals surface area contributed by atoms with Crippen LogP contribution in [0.25, 0.3) is 17.1 Å². The first-order valence-electron chi connectivity index (χ1n) is 12.1. The zero-order chi connectivity index (χ0) is 26.8. The molecule has 1 amide bonds. The van der Waals surface area contributed by atoms with Gasteiger partial charge in [-0.25, -0.2) is 4.68 Å². The molecule has 0 saturated heterocycles. The van der Waals surface area contributed by atoms with Crippen LogP contribution in [0.1, 0.15) is 27.4 Å². The van der Waals surface area contributed by atoms with Crippen molar-refractivity contribution in [1.82, 2.24) is 29.8 Å². The largest absolute Gasteiger partial charge is 0.497 e. The molecule has 3 aromatic heterocycles. The van der Waals surface area contributed by atoms with Crippen LogP contribution in [-0.4, -0.2) is 42.8 Å². The molecule has 0 bridgehead atoms. The normalized spacial score (nSPS) is 10.9. The van der Waals surface area contributed by atoms with Crippen molar-refractivity contribution in [2.75, 3.05) is 17.7 Å². The average molecular weight is 509 g/mol. The van der Waals surface area contributed by atoms with E-state index in [4.69, 9.17) is 4.74 Å². The molecule has 0 aliphatic carbocycles. The van der Waals surface area contributed by atoms with Crippen LogP contribution in [0.2, 0.25) is 0 Å². The fourth-order valence-electron chi connectivity index (χ4n) is 4.03.